The van der Waals surface area contributed by atoms with E-state index in [1.165, 1.54) is 43.4 Å². The Kier molecular flexibility index (Phi) is 5.23. The number of ether oxygens (including phenoxy) is 3. The van der Waals surface area contributed by atoms with Crippen molar-refractivity contribution in [3.63, 3.8) is 0 Å². The van der Waals surface area contributed by atoms with Crippen LogP contribution in [0.1, 0.15) is 23.5 Å². The summed E-state index contributed by atoms with van der Waals surface area (Å²) in [6, 6.07) is 7.12. The van der Waals surface area contributed by atoms with Crippen LogP contribution < -0.4 is 14.4 Å². The van der Waals surface area contributed by atoms with E-state index >= 15 is 0 Å². The molecule has 0 radical (unpaired) electrons. The van der Waals surface area contributed by atoms with Crippen molar-refractivity contribution in [3.05, 3.63) is 58.8 Å². The number of amides is 1. The Morgan fingerprint density at radius 2 is 1.66 bits per heavy atom. The van der Waals surface area contributed by atoms with Gasteiger partial charge in [0.1, 0.15) is 6.61 Å². The first kappa shape index (κ1) is 21.5. The van der Waals surface area contributed by atoms with E-state index in [1.54, 1.807) is 0 Å². The summed E-state index contributed by atoms with van der Waals surface area (Å²) in [5, 5.41) is 10.2. The molecule has 2 aromatic carbocycles. The van der Waals surface area contributed by atoms with Crippen molar-refractivity contribution in [1.29, 1.82) is 0 Å². The Balaban J connectivity index is 1.80. The number of hydrogen-bond donors (Lipinski definition) is 1. The zero-order chi connectivity index (χ0) is 23.2. The van der Waals surface area contributed by atoms with Gasteiger partial charge >= 0.3 is 12.1 Å². The number of alkyl halides is 3. The van der Waals surface area contributed by atoms with Crippen LogP contribution in [0.3, 0.4) is 0 Å². The number of nitrogens with zero attached hydrogens (tertiary/aromatic N) is 1. The minimum Gasteiger partial charge on any atom is -0.502 e. The molecular weight excluding hydrogens is 431 g/mol. The molecule has 2 aliphatic heterocycles. The number of anilines is 1. The van der Waals surface area contributed by atoms with Crippen molar-refractivity contribution in [2.75, 3.05) is 25.7 Å². The van der Waals surface area contributed by atoms with Gasteiger partial charge in [-0.2, -0.15) is 13.2 Å². The largest absolute Gasteiger partial charge is 0.502 e. The number of carbonyl (C=O) groups excluding carboxylic acids is 2. The zero-order valence-corrected chi connectivity index (χ0v) is 17.0. The third-order valence-electron chi connectivity index (χ3n) is 5.47. The summed E-state index contributed by atoms with van der Waals surface area (Å²) in [4.78, 5) is 26.8. The highest BCUT2D eigenvalue weighted by Gasteiger charge is 2.43. The molecule has 7 nitrogen and oxygen atoms in total. The first-order chi connectivity index (χ1) is 15.2. The lowest BCUT2D eigenvalue weighted by atomic mass is 9.83. The molecule has 0 bridgehead atoms. The molecule has 0 fully saturated rings. The molecule has 0 saturated heterocycles. The van der Waals surface area contributed by atoms with E-state index in [4.69, 9.17) is 14.2 Å². The third kappa shape index (κ3) is 3.51. The smallest absolute Gasteiger partial charge is 0.416 e. The van der Waals surface area contributed by atoms with Crippen LogP contribution in [0.2, 0.25) is 0 Å². The average Bonchev–Trinajstić information content (AvgIpc) is 3.14. The second kappa shape index (κ2) is 7.77. The predicted octanol–water partition coefficient (Wildman–Crippen LogP) is 3.76. The lowest BCUT2D eigenvalue weighted by Crippen LogP contribution is -2.37. The van der Waals surface area contributed by atoms with Crippen LogP contribution in [0, 0.1) is 0 Å². The molecule has 2 heterocycles. The highest BCUT2D eigenvalue weighted by molar-refractivity contribution is 6.06. The van der Waals surface area contributed by atoms with Crippen molar-refractivity contribution >= 4 is 17.6 Å². The quantitative estimate of drug-likeness (QED) is 0.716. The molecule has 0 aliphatic carbocycles. The maximum atomic E-state index is 13.1. The summed E-state index contributed by atoms with van der Waals surface area (Å²) < 4.78 is 54.2. The van der Waals surface area contributed by atoms with Crippen molar-refractivity contribution in [1.82, 2.24) is 0 Å². The van der Waals surface area contributed by atoms with Crippen molar-refractivity contribution in [2.45, 2.75) is 18.5 Å². The standard InChI is InChI=1S/C22H18F3NO6/c1-30-16-7-11(8-17(31-2)20(16)28)14-9-18(27)26(15-10-32-21(29)19(14)15)13-5-3-12(4-6-13)22(23,24)25/h3-8,14,28H,9-10H2,1-2H3. The van der Waals surface area contributed by atoms with Crippen LogP contribution in [0.4, 0.5) is 18.9 Å². The number of methoxy groups -OCH3 is 2. The Morgan fingerprint density at radius 3 is 2.19 bits per heavy atom. The molecule has 32 heavy (non-hydrogen) atoms. The monoisotopic (exact) mass is 449 g/mol. The van der Waals surface area contributed by atoms with Gasteiger partial charge in [-0.25, -0.2) is 4.79 Å². The van der Waals surface area contributed by atoms with E-state index in [0.717, 1.165) is 12.1 Å². The fraction of sp³-hybridized carbons (Fsp3) is 0.273. The third-order valence-corrected chi connectivity index (χ3v) is 5.47. The maximum absolute atomic E-state index is 13.1. The minimum atomic E-state index is -4.51. The topological polar surface area (TPSA) is 85.3 Å². The van der Waals surface area contributed by atoms with E-state index in [2.05, 4.69) is 0 Å². The Hall–Kier alpha value is -3.69. The highest BCUT2D eigenvalue weighted by Crippen LogP contribution is 2.46. The summed E-state index contributed by atoms with van der Waals surface area (Å²) in [7, 11) is 2.70. The van der Waals surface area contributed by atoms with Crippen LogP contribution in [0.5, 0.6) is 17.2 Å². The average molecular weight is 449 g/mol. The summed E-state index contributed by atoms with van der Waals surface area (Å²) in [5.41, 5.74) is 0.331. The number of cyclic esters (lactones) is 1. The molecule has 0 aromatic heterocycles. The van der Waals surface area contributed by atoms with Gasteiger partial charge in [-0.1, -0.05) is 0 Å². The number of phenolic OH excluding ortho intramolecular Hbond substituents is 1. The normalized spacial score (nSPS) is 18.5. The van der Waals surface area contributed by atoms with E-state index in [0.29, 0.717) is 5.56 Å². The molecule has 168 valence electrons. The van der Waals surface area contributed by atoms with Crippen LogP contribution >= 0.6 is 0 Å². The Labute approximate surface area is 180 Å². The fourth-order valence-electron chi connectivity index (χ4n) is 3.95. The Bertz CT molecular complexity index is 1100. The lowest BCUT2D eigenvalue weighted by Gasteiger charge is -2.32. The summed E-state index contributed by atoms with van der Waals surface area (Å²) in [6.07, 6.45) is -4.66. The van der Waals surface area contributed by atoms with E-state index in [-0.39, 0.29) is 47.2 Å². The number of halogens is 3. The molecule has 1 unspecified atom stereocenters. The first-order valence-electron chi connectivity index (χ1n) is 9.51. The molecule has 0 spiro atoms. The number of carbonyl (C=O) groups is 2. The van der Waals surface area contributed by atoms with E-state index < -0.39 is 29.5 Å². The van der Waals surface area contributed by atoms with Gasteiger partial charge in [-0.15, -0.1) is 0 Å². The second-order valence-electron chi connectivity index (χ2n) is 7.24. The molecule has 2 aromatic rings. The van der Waals surface area contributed by atoms with Crippen LogP contribution in [0.15, 0.2) is 47.7 Å². The fourth-order valence-corrected chi connectivity index (χ4v) is 3.95. The van der Waals surface area contributed by atoms with Crippen LogP contribution in [-0.4, -0.2) is 37.8 Å². The molecule has 1 atom stereocenters. The predicted molar refractivity (Wildman–Crippen MR) is 105 cm³/mol. The molecule has 0 saturated carbocycles. The summed E-state index contributed by atoms with van der Waals surface area (Å²) in [5.74, 6) is -1.77. The van der Waals surface area contributed by atoms with Crippen molar-refractivity contribution < 1.29 is 42.1 Å². The number of benzene rings is 2. The molecular formula is C22H18F3NO6. The molecule has 2 aliphatic rings. The molecule has 1 amide bonds. The van der Waals surface area contributed by atoms with E-state index in [9.17, 15) is 27.9 Å². The van der Waals surface area contributed by atoms with E-state index in [1.807, 2.05) is 0 Å². The van der Waals surface area contributed by atoms with Crippen LogP contribution in [0.25, 0.3) is 0 Å². The number of aromatic hydroxyl groups is 1. The van der Waals surface area contributed by atoms with Crippen molar-refractivity contribution in [3.8, 4) is 17.2 Å². The molecule has 4 rings (SSSR count). The SMILES string of the molecule is COc1cc(C2CC(=O)N(c3ccc(C(F)(F)F)cc3)C3=C2C(=O)OC3)cc(OC)c1O. The minimum absolute atomic E-state index is 0.102. The molecule has 10 heteroatoms. The first-order valence-corrected chi connectivity index (χ1v) is 9.51. The summed E-state index contributed by atoms with van der Waals surface area (Å²) in [6.45, 7) is -0.191. The number of phenols is 1. The molecule has 1 N–H and O–H groups in total. The van der Waals surface area contributed by atoms with Crippen LogP contribution in [-0.2, 0) is 20.5 Å². The lowest BCUT2D eigenvalue weighted by molar-refractivity contribution is -0.138. The van der Waals surface area contributed by atoms with Gasteiger partial charge in [0, 0.05) is 18.0 Å². The van der Waals surface area contributed by atoms with Gasteiger partial charge < -0.3 is 19.3 Å². The number of hydrogen-bond acceptors (Lipinski definition) is 6. The van der Waals surface area contributed by atoms with Gasteiger partial charge in [0.2, 0.25) is 11.7 Å². The highest BCUT2D eigenvalue weighted by atomic mass is 19.4. The second-order valence-corrected chi connectivity index (χ2v) is 7.24. The van der Waals surface area contributed by atoms with Gasteiger partial charge in [-0.05, 0) is 42.0 Å². The number of esters is 1. The maximum Gasteiger partial charge on any atom is 0.416 e. The van der Waals surface area contributed by atoms with Crippen molar-refractivity contribution in [2.24, 2.45) is 0 Å². The van der Waals surface area contributed by atoms with Gasteiger partial charge in [-0.3, -0.25) is 9.69 Å². The summed E-state index contributed by atoms with van der Waals surface area (Å²) >= 11 is 0. The zero-order valence-electron chi connectivity index (χ0n) is 17.0. The van der Waals surface area contributed by atoms with Gasteiger partial charge in [0.05, 0.1) is 31.1 Å². The number of rotatable bonds is 4. The van der Waals surface area contributed by atoms with Gasteiger partial charge in [0.25, 0.3) is 0 Å². The Morgan fingerprint density at radius 1 is 1.06 bits per heavy atom. The van der Waals surface area contributed by atoms with Gasteiger partial charge in [0.15, 0.2) is 11.5 Å².